The van der Waals surface area contributed by atoms with Crippen LogP contribution in [0.2, 0.25) is 0 Å². The second-order valence-electron chi connectivity index (χ2n) is 8.25. The van der Waals surface area contributed by atoms with Crippen LogP contribution in [-0.2, 0) is 24.4 Å². The maximum atomic E-state index is 12.8. The van der Waals surface area contributed by atoms with E-state index in [1.807, 2.05) is 44.0 Å². The highest BCUT2D eigenvalue weighted by Gasteiger charge is 2.32. The van der Waals surface area contributed by atoms with Crippen LogP contribution in [0.1, 0.15) is 37.7 Å². The Morgan fingerprint density at radius 3 is 2.68 bits per heavy atom. The molecule has 8 nitrogen and oxygen atoms in total. The lowest BCUT2D eigenvalue weighted by Gasteiger charge is -2.37. The molecule has 0 spiro atoms. The first-order chi connectivity index (χ1) is 14.9. The first-order valence-corrected chi connectivity index (χ1v) is 10.8. The summed E-state index contributed by atoms with van der Waals surface area (Å²) in [5.41, 5.74) is 3.65. The maximum Gasteiger partial charge on any atom is 0.243 e. The van der Waals surface area contributed by atoms with Crippen LogP contribution in [0, 0.1) is 5.92 Å². The van der Waals surface area contributed by atoms with E-state index in [4.69, 9.17) is 4.74 Å². The lowest BCUT2D eigenvalue weighted by molar-refractivity contribution is -0.124. The summed E-state index contributed by atoms with van der Waals surface area (Å²) in [7, 11) is 1.93. The summed E-state index contributed by atoms with van der Waals surface area (Å²) in [4.78, 5) is 23.6. The van der Waals surface area contributed by atoms with Crippen molar-refractivity contribution in [2.24, 2.45) is 5.92 Å². The van der Waals surface area contributed by atoms with Gasteiger partial charge in [0.05, 0.1) is 36.4 Å². The zero-order chi connectivity index (χ0) is 22.4. The summed E-state index contributed by atoms with van der Waals surface area (Å²) in [5.74, 6) is 0.741. The Hall–Kier alpha value is -2.71. The Morgan fingerprint density at radius 1 is 1.29 bits per heavy atom. The van der Waals surface area contributed by atoms with E-state index in [0.717, 1.165) is 29.2 Å². The van der Waals surface area contributed by atoms with Crippen LogP contribution in [0.3, 0.4) is 0 Å². The van der Waals surface area contributed by atoms with Crippen molar-refractivity contribution in [2.75, 3.05) is 25.1 Å². The van der Waals surface area contributed by atoms with Crippen LogP contribution < -0.4 is 20.3 Å². The Labute approximate surface area is 184 Å². The quantitative estimate of drug-likeness (QED) is 0.589. The fraction of sp³-hybridized carbons (Fsp3) is 0.522. The number of aliphatic hydroxyl groups excluding tert-OH is 1. The molecule has 0 aliphatic carbocycles. The number of ether oxygens (including phenoxy) is 1. The molecule has 8 heteroatoms. The van der Waals surface area contributed by atoms with Crippen molar-refractivity contribution in [1.29, 1.82) is 0 Å². The highest BCUT2D eigenvalue weighted by Crippen LogP contribution is 2.31. The fourth-order valence-electron chi connectivity index (χ4n) is 3.88. The van der Waals surface area contributed by atoms with Gasteiger partial charge in [0, 0.05) is 25.3 Å². The summed E-state index contributed by atoms with van der Waals surface area (Å²) >= 11 is 0. The van der Waals surface area contributed by atoms with E-state index >= 15 is 0 Å². The molecule has 1 amide bonds. The number of hydrogen-bond donors (Lipinski definition) is 3. The lowest BCUT2D eigenvalue weighted by atomic mass is 9.95. The van der Waals surface area contributed by atoms with Crippen LogP contribution >= 0.6 is 0 Å². The van der Waals surface area contributed by atoms with Gasteiger partial charge in [-0.05, 0) is 30.5 Å². The third-order valence-electron chi connectivity index (χ3n) is 5.49. The molecular formula is C23H33N5O3. The summed E-state index contributed by atoms with van der Waals surface area (Å²) in [6, 6.07) is 5.25. The molecule has 0 saturated heterocycles. The van der Waals surface area contributed by atoms with Crippen molar-refractivity contribution < 1.29 is 14.6 Å². The first kappa shape index (κ1) is 23.0. The average molecular weight is 428 g/mol. The van der Waals surface area contributed by atoms with Crippen molar-refractivity contribution in [3.8, 4) is 5.75 Å². The molecule has 168 valence electrons. The molecular weight excluding hydrogens is 394 g/mol. The molecule has 3 N–H and O–H groups in total. The first-order valence-electron chi connectivity index (χ1n) is 10.8. The van der Waals surface area contributed by atoms with E-state index in [-0.39, 0.29) is 30.5 Å². The molecule has 3 rings (SSSR count). The van der Waals surface area contributed by atoms with Crippen LogP contribution in [-0.4, -0.2) is 53.3 Å². The van der Waals surface area contributed by atoms with Gasteiger partial charge in [0.2, 0.25) is 5.91 Å². The van der Waals surface area contributed by atoms with E-state index in [2.05, 4.69) is 27.5 Å². The van der Waals surface area contributed by atoms with Crippen molar-refractivity contribution >= 4 is 11.6 Å². The molecule has 1 aliphatic heterocycles. The second kappa shape index (κ2) is 10.5. The molecule has 2 atom stereocenters. The average Bonchev–Trinajstić information content (AvgIpc) is 2.76. The smallest absolute Gasteiger partial charge is 0.243 e. The van der Waals surface area contributed by atoms with E-state index in [9.17, 15) is 9.90 Å². The van der Waals surface area contributed by atoms with Crippen molar-refractivity contribution in [3.05, 3.63) is 47.5 Å². The van der Waals surface area contributed by atoms with Gasteiger partial charge in [-0.3, -0.25) is 14.8 Å². The van der Waals surface area contributed by atoms with E-state index in [1.165, 1.54) is 0 Å². The molecule has 0 bridgehead atoms. The Morgan fingerprint density at radius 2 is 2.03 bits per heavy atom. The normalized spacial score (nSPS) is 18.9. The number of likely N-dealkylation sites (N-methyl/N-ethyl adjacent to an activating group) is 1. The summed E-state index contributed by atoms with van der Waals surface area (Å²) in [5, 5.41) is 15.9. The van der Waals surface area contributed by atoms with E-state index in [1.54, 1.807) is 12.4 Å². The number of benzene rings is 1. The molecule has 0 saturated carbocycles. The molecule has 0 unspecified atom stereocenters. The van der Waals surface area contributed by atoms with Gasteiger partial charge < -0.3 is 25.4 Å². The van der Waals surface area contributed by atoms with Crippen molar-refractivity contribution in [2.45, 2.75) is 52.4 Å². The number of nitrogens with zero attached hydrogens (tertiary/aromatic N) is 3. The number of aromatic nitrogens is 2. The van der Waals surface area contributed by atoms with Crippen molar-refractivity contribution in [1.82, 2.24) is 20.6 Å². The van der Waals surface area contributed by atoms with Crippen LogP contribution in [0.15, 0.2) is 30.6 Å². The highest BCUT2D eigenvalue weighted by molar-refractivity contribution is 5.86. The Kier molecular flexibility index (Phi) is 7.81. The van der Waals surface area contributed by atoms with E-state index in [0.29, 0.717) is 25.3 Å². The van der Waals surface area contributed by atoms with Crippen LogP contribution in [0.4, 0.5) is 5.69 Å². The predicted molar refractivity (Wildman–Crippen MR) is 120 cm³/mol. The Bertz CT molecular complexity index is 872. The van der Waals surface area contributed by atoms with Gasteiger partial charge >= 0.3 is 0 Å². The third-order valence-corrected chi connectivity index (χ3v) is 5.49. The van der Waals surface area contributed by atoms with Gasteiger partial charge in [-0.2, -0.15) is 0 Å². The number of rotatable bonds is 8. The van der Waals surface area contributed by atoms with E-state index < -0.39 is 0 Å². The van der Waals surface area contributed by atoms with Crippen LogP contribution in [0.5, 0.6) is 5.75 Å². The van der Waals surface area contributed by atoms with Gasteiger partial charge in [0.1, 0.15) is 18.4 Å². The zero-order valence-corrected chi connectivity index (χ0v) is 18.8. The van der Waals surface area contributed by atoms with Gasteiger partial charge in [-0.25, -0.2) is 0 Å². The minimum atomic E-state index is -0.335. The minimum Gasteiger partial charge on any atom is -0.487 e. The standard InChI is InChI=1S/C23H33N5O3/c1-5-24-10-18-11-26-19(12-25-18)14-31-20-7-6-16-8-17(13-29)27-23(30)22(15(2)3)28(4)21(16)9-20/h6-7,9,11-12,15,17,22,24,29H,5,8,10,13-14H2,1-4H3,(H,27,30)/t17-,22-/m1/s1. The molecule has 1 aromatic heterocycles. The summed E-state index contributed by atoms with van der Waals surface area (Å²) < 4.78 is 5.98. The molecule has 1 aromatic carbocycles. The third kappa shape index (κ3) is 5.71. The maximum absolute atomic E-state index is 12.8. The topological polar surface area (TPSA) is 99.6 Å². The van der Waals surface area contributed by atoms with Gasteiger partial charge in [0.15, 0.2) is 0 Å². The summed E-state index contributed by atoms with van der Waals surface area (Å²) in [6.07, 6.45) is 4.06. The highest BCUT2D eigenvalue weighted by atomic mass is 16.5. The number of amides is 1. The number of carbonyl (C=O) groups excluding carboxylic acids is 1. The molecule has 0 radical (unpaired) electrons. The Balaban J connectivity index is 1.78. The minimum absolute atomic E-state index is 0.0681. The number of hydrogen-bond acceptors (Lipinski definition) is 7. The largest absolute Gasteiger partial charge is 0.487 e. The lowest BCUT2D eigenvalue weighted by Crippen LogP contribution is -2.54. The fourth-order valence-corrected chi connectivity index (χ4v) is 3.88. The SMILES string of the molecule is CCNCc1cnc(COc2ccc3c(c2)N(C)[C@H](C(C)C)C(=O)N[C@@H](CO)C3)cn1. The zero-order valence-electron chi connectivity index (χ0n) is 18.8. The number of aliphatic hydroxyl groups is 1. The van der Waals surface area contributed by atoms with Crippen molar-refractivity contribution in [3.63, 3.8) is 0 Å². The molecule has 1 aliphatic rings. The number of nitrogens with one attached hydrogen (secondary N) is 2. The number of fused-ring (bicyclic) bond motifs is 1. The predicted octanol–water partition coefficient (Wildman–Crippen LogP) is 1.66. The van der Waals surface area contributed by atoms with Gasteiger partial charge in [-0.1, -0.05) is 26.8 Å². The molecule has 0 fully saturated rings. The number of anilines is 1. The van der Waals surface area contributed by atoms with Gasteiger partial charge in [-0.15, -0.1) is 0 Å². The molecule has 31 heavy (non-hydrogen) atoms. The van der Waals surface area contributed by atoms with Gasteiger partial charge in [0.25, 0.3) is 0 Å². The monoisotopic (exact) mass is 427 g/mol. The molecule has 2 aromatic rings. The molecule has 2 heterocycles. The number of carbonyl (C=O) groups is 1. The van der Waals surface area contributed by atoms with Crippen LogP contribution in [0.25, 0.3) is 0 Å². The summed E-state index contributed by atoms with van der Waals surface area (Å²) in [6.45, 7) is 7.89. The second-order valence-corrected chi connectivity index (χ2v) is 8.25.